The van der Waals surface area contributed by atoms with Crippen LogP contribution in [0.2, 0.25) is 0 Å². The van der Waals surface area contributed by atoms with Gasteiger partial charge in [-0.1, -0.05) is 17.3 Å². The van der Waals surface area contributed by atoms with Crippen LogP contribution in [0.5, 0.6) is 0 Å². The number of fused-ring (bicyclic) bond motifs is 1. The standard InChI is InChI=1S/C16H20N2O/c1-2-4-15-14(3-1)16(17-19-15)13-7-9-18(10-8-13)11-12-5-6-12/h1-4,12-13H,5-11H2. The first-order chi connectivity index (χ1) is 9.40. The average Bonchev–Trinajstić information content (AvgIpc) is 3.16. The molecule has 1 aromatic carbocycles. The van der Waals surface area contributed by atoms with Crippen LogP contribution in [0.4, 0.5) is 0 Å². The number of rotatable bonds is 3. The van der Waals surface area contributed by atoms with Crippen LogP contribution in [0.1, 0.15) is 37.3 Å². The maximum atomic E-state index is 5.44. The van der Waals surface area contributed by atoms with E-state index in [1.54, 1.807) is 0 Å². The molecule has 3 heteroatoms. The van der Waals surface area contributed by atoms with Crippen LogP contribution in [-0.4, -0.2) is 29.7 Å². The van der Waals surface area contributed by atoms with Gasteiger partial charge in [0.1, 0.15) is 0 Å². The molecule has 0 radical (unpaired) electrons. The first-order valence-electron chi connectivity index (χ1n) is 7.47. The van der Waals surface area contributed by atoms with E-state index in [2.05, 4.69) is 22.2 Å². The summed E-state index contributed by atoms with van der Waals surface area (Å²) in [4.78, 5) is 2.64. The zero-order valence-electron chi connectivity index (χ0n) is 11.2. The van der Waals surface area contributed by atoms with E-state index in [0.29, 0.717) is 5.92 Å². The zero-order chi connectivity index (χ0) is 12.7. The summed E-state index contributed by atoms with van der Waals surface area (Å²) in [7, 11) is 0. The maximum absolute atomic E-state index is 5.44. The summed E-state index contributed by atoms with van der Waals surface area (Å²) in [5.74, 6) is 1.59. The van der Waals surface area contributed by atoms with E-state index in [1.807, 2.05) is 12.1 Å². The molecule has 3 nitrogen and oxygen atoms in total. The minimum atomic E-state index is 0.583. The van der Waals surface area contributed by atoms with E-state index in [-0.39, 0.29) is 0 Å². The molecule has 2 fully saturated rings. The summed E-state index contributed by atoms with van der Waals surface area (Å²) in [5.41, 5.74) is 2.11. The minimum Gasteiger partial charge on any atom is -0.356 e. The highest BCUT2D eigenvalue weighted by Crippen LogP contribution is 2.35. The molecule has 0 atom stereocenters. The van der Waals surface area contributed by atoms with Crippen LogP contribution in [0.3, 0.4) is 0 Å². The van der Waals surface area contributed by atoms with Crippen molar-refractivity contribution in [2.45, 2.75) is 31.6 Å². The van der Waals surface area contributed by atoms with Gasteiger partial charge in [0.05, 0.1) is 5.69 Å². The number of piperidine rings is 1. The maximum Gasteiger partial charge on any atom is 0.167 e. The van der Waals surface area contributed by atoms with Crippen LogP contribution >= 0.6 is 0 Å². The highest BCUT2D eigenvalue weighted by atomic mass is 16.5. The monoisotopic (exact) mass is 256 g/mol. The van der Waals surface area contributed by atoms with E-state index < -0.39 is 0 Å². The molecule has 2 aromatic rings. The van der Waals surface area contributed by atoms with E-state index >= 15 is 0 Å². The molecule has 1 saturated carbocycles. The molecule has 4 rings (SSSR count). The number of likely N-dealkylation sites (tertiary alicyclic amines) is 1. The van der Waals surface area contributed by atoms with Crippen molar-refractivity contribution in [2.24, 2.45) is 5.92 Å². The fraction of sp³-hybridized carbons (Fsp3) is 0.562. The number of para-hydroxylation sites is 1. The predicted molar refractivity (Wildman–Crippen MR) is 75.1 cm³/mol. The third-order valence-electron chi connectivity index (χ3n) is 4.59. The molecule has 1 aromatic heterocycles. The highest BCUT2D eigenvalue weighted by molar-refractivity contribution is 5.79. The Bertz CT molecular complexity index is 565. The summed E-state index contributed by atoms with van der Waals surface area (Å²) in [6, 6.07) is 8.23. The van der Waals surface area contributed by atoms with Crippen molar-refractivity contribution in [3.8, 4) is 0 Å². The Morgan fingerprint density at radius 2 is 1.89 bits per heavy atom. The van der Waals surface area contributed by atoms with Crippen LogP contribution in [0, 0.1) is 5.92 Å². The largest absolute Gasteiger partial charge is 0.356 e. The Labute approximate surface area is 113 Å². The summed E-state index contributed by atoms with van der Waals surface area (Å²) in [5, 5.41) is 5.54. The Morgan fingerprint density at radius 1 is 1.11 bits per heavy atom. The summed E-state index contributed by atoms with van der Waals surface area (Å²) >= 11 is 0. The Morgan fingerprint density at radius 3 is 2.68 bits per heavy atom. The molecular formula is C16H20N2O. The molecule has 0 amide bonds. The van der Waals surface area contributed by atoms with Gasteiger partial charge in [-0.05, 0) is 56.8 Å². The lowest BCUT2D eigenvalue weighted by molar-refractivity contribution is 0.202. The highest BCUT2D eigenvalue weighted by Gasteiger charge is 2.29. The fourth-order valence-electron chi connectivity index (χ4n) is 3.25. The summed E-state index contributed by atoms with van der Waals surface area (Å²) < 4.78 is 5.44. The number of hydrogen-bond donors (Lipinski definition) is 0. The lowest BCUT2D eigenvalue weighted by Gasteiger charge is -2.31. The van der Waals surface area contributed by atoms with Crippen molar-refractivity contribution in [3.05, 3.63) is 30.0 Å². The van der Waals surface area contributed by atoms with Crippen molar-refractivity contribution in [2.75, 3.05) is 19.6 Å². The van der Waals surface area contributed by atoms with Gasteiger partial charge in [-0.25, -0.2) is 0 Å². The van der Waals surface area contributed by atoms with Crippen LogP contribution in [0.15, 0.2) is 28.8 Å². The van der Waals surface area contributed by atoms with Crippen molar-refractivity contribution < 1.29 is 4.52 Å². The minimum absolute atomic E-state index is 0.583. The van der Waals surface area contributed by atoms with E-state index in [0.717, 1.165) is 11.5 Å². The number of hydrogen-bond acceptors (Lipinski definition) is 3. The summed E-state index contributed by atoms with van der Waals surface area (Å²) in [6.07, 6.45) is 5.36. The molecule has 1 aliphatic heterocycles. The average molecular weight is 256 g/mol. The van der Waals surface area contributed by atoms with Gasteiger partial charge < -0.3 is 9.42 Å². The van der Waals surface area contributed by atoms with Crippen molar-refractivity contribution in [3.63, 3.8) is 0 Å². The first-order valence-corrected chi connectivity index (χ1v) is 7.47. The molecule has 19 heavy (non-hydrogen) atoms. The van der Waals surface area contributed by atoms with E-state index in [9.17, 15) is 0 Å². The zero-order valence-corrected chi connectivity index (χ0v) is 11.2. The molecule has 0 spiro atoms. The molecule has 0 N–H and O–H groups in total. The van der Waals surface area contributed by atoms with Crippen molar-refractivity contribution >= 4 is 11.0 Å². The van der Waals surface area contributed by atoms with Gasteiger partial charge in [-0.3, -0.25) is 0 Å². The molecule has 1 saturated heterocycles. The second-order valence-electron chi connectivity index (χ2n) is 6.08. The van der Waals surface area contributed by atoms with Crippen LogP contribution in [-0.2, 0) is 0 Å². The van der Waals surface area contributed by atoms with Crippen LogP contribution in [0.25, 0.3) is 11.0 Å². The van der Waals surface area contributed by atoms with Gasteiger partial charge in [0, 0.05) is 17.8 Å². The quantitative estimate of drug-likeness (QED) is 0.842. The molecule has 100 valence electrons. The topological polar surface area (TPSA) is 29.3 Å². The summed E-state index contributed by atoms with van der Waals surface area (Å²) in [6.45, 7) is 3.77. The SMILES string of the molecule is c1ccc2c(C3CCN(CC4CC4)CC3)noc2c1. The molecule has 2 aliphatic rings. The molecule has 0 unspecified atom stereocenters. The molecule has 2 heterocycles. The lowest BCUT2D eigenvalue weighted by atomic mass is 9.91. The van der Waals surface area contributed by atoms with Gasteiger partial charge >= 0.3 is 0 Å². The van der Waals surface area contributed by atoms with Gasteiger partial charge in [-0.15, -0.1) is 0 Å². The Hall–Kier alpha value is -1.35. The first kappa shape index (κ1) is 11.5. The smallest absolute Gasteiger partial charge is 0.167 e. The molecule has 0 bridgehead atoms. The van der Waals surface area contributed by atoms with E-state index in [1.165, 1.54) is 56.4 Å². The van der Waals surface area contributed by atoms with Crippen molar-refractivity contribution in [1.29, 1.82) is 0 Å². The number of aromatic nitrogens is 1. The van der Waals surface area contributed by atoms with Crippen LogP contribution < -0.4 is 0 Å². The van der Waals surface area contributed by atoms with Gasteiger partial charge in [0.2, 0.25) is 0 Å². The van der Waals surface area contributed by atoms with Gasteiger partial charge in [-0.2, -0.15) is 0 Å². The molecular weight excluding hydrogens is 236 g/mol. The van der Waals surface area contributed by atoms with E-state index in [4.69, 9.17) is 4.52 Å². The third kappa shape index (κ3) is 2.27. The Balaban J connectivity index is 1.48. The van der Waals surface area contributed by atoms with Crippen molar-refractivity contribution in [1.82, 2.24) is 10.1 Å². The normalized spacial score (nSPS) is 22.1. The van der Waals surface area contributed by atoms with Gasteiger partial charge in [0.25, 0.3) is 0 Å². The molecule has 1 aliphatic carbocycles. The number of nitrogens with zero attached hydrogens (tertiary/aromatic N) is 2. The third-order valence-corrected chi connectivity index (χ3v) is 4.59. The van der Waals surface area contributed by atoms with Gasteiger partial charge in [0.15, 0.2) is 5.58 Å². The second-order valence-corrected chi connectivity index (χ2v) is 6.08. The number of benzene rings is 1. The second kappa shape index (κ2) is 4.64. The Kier molecular flexibility index (Phi) is 2.80. The fourth-order valence-corrected chi connectivity index (χ4v) is 3.25. The predicted octanol–water partition coefficient (Wildman–Crippen LogP) is 3.42. The lowest BCUT2D eigenvalue weighted by Crippen LogP contribution is -2.34.